The second-order valence-electron chi connectivity index (χ2n) is 5.77. The van der Waals surface area contributed by atoms with Gasteiger partial charge in [-0.1, -0.05) is 11.6 Å². The number of fused-ring (bicyclic) bond motifs is 1. The molecule has 1 unspecified atom stereocenters. The number of hydrogen-bond donors (Lipinski definition) is 1. The molecule has 1 aromatic carbocycles. The zero-order chi connectivity index (χ0) is 16.4. The lowest BCUT2D eigenvalue weighted by atomic mass is 10.1. The normalized spacial score (nSPS) is 16.0. The van der Waals surface area contributed by atoms with Crippen molar-refractivity contribution in [1.29, 1.82) is 0 Å². The number of rotatable bonds is 4. The third-order valence-corrected chi connectivity index (χ3v) is 5.53. The van der Waals surface area contributed by atoms with Crippen LogP contribution in [0.25, 0.3) is 0 Å². The number of halogens is 2. The zero-order valence-electron chi connectivity index (χ0n) is 12.8. The van der Waals surface area contributed by atoms with E-state index in [1.807, 2.05) is 11.3 Å². The van der Waals surface area contributed by atoms with E-state index < -0.39 is 5.82 Å². The average molecular weight is 353 g/mol. The maximum Gasteiger partial charge on any atom is 0.252 e. The lowest BCUT2D eigenvalue weighted by Crippen LogP contribution is -2.44. The summed E-state index contributed by atoms with van der Waals surface area (Å²) in [6, 6.07) is 6.22. The summed E-state index contributed by atoms with van der Waals surface area (Å²) in [6.07, 6.45) is 1.06. The van der Waals surface area contributed by atoms with Gasteiger partial charge in [0.15, 0.2) is 0 Å². The second-order valence-corrected chi connectivity index (χ2v) is 7.18. The molecule has 1 aromatic heterocycles. The van der Waals surface area contributed by atoms with Crippen molar-refractivity contribution in [2.75, 3.05) is 13.1 Å². The van der Waals surface area contributed by atoms with Crippen molar-refractivity contribution < 1.29 is 9.18 Å². The van der Waals surface area contributed by atoms with Gasteiger partial charge in [-0.3, -0.25) is 9.69 Å². The van der Waals surface area contributed by atoms with Gasteiger partial charge in [0.05, 0.1) is 10.6 Å². The van der Waals surface area contributed by atoms with Gasteiger partial charge in [-0.25, -0.2) is 4.39 Å². The monoisotopic (exact) mass is 352 g/mol. The summed E-state index contributed by atoms with van der Waals surface area (Å²) in [5.74, 6) is -0.713. The van der Waals surface area contributed by atoms with Gasteiger partial charge in [0.1, 0.15) is 5.82 Å². The average Bonchev–Trinajstić information content (AvgIpc) is 2.99. The van der Waals surface area contributed by atoms with E-state index in [-0.39, 0.29) is 17.0 Å². The Labute approximate surface area is 144 Å². The molecular weight excluding hydrogens is 335 g/mol. The topological polar surface area (TPSA) is 32.3 Å². The molecule has 1 N–H and O–H groups in total. The first-order chi connectivity index (χ1) is 11.0. The number of amides is 1. The molecule has 0 bridgehead atoms. The molecule has 0 saturated carbocycles. The quantitative estimate of drug-likeness (QED) is 0.909. The van der Waals surface area contributed by atoms with Gasteiger partial charge in [-0.2, -0.15) is 0 Å². The van der Waals surface area contributed by atoms with Crippen molar-refractivity contribution >= 4 is 28.8 Å². The Kier molecular flexibility index (Phi) is 4.99. The van der Waals surface area contributed by atoms with Crippen LogP contribution in [-0.2, 0) is 13.0 Å². The standard InChI is InChI=1S/C17H18ClFN2OS/c1-11(21-6-4-16-12(10-21)5-7-23-16)9-20-17(22)14-3-2-13(19)8-15(14)18/h2-3,5,7-8,11H,4,6,9-10H2,1H3,(H,20,22). The second kappa shape index (κ2) is 6.99. The molecule has 0 radical (unpaired) electrons. The number of carbonyl (C=O) groups excluding carboxylic acids is 1. The first-order valence-electron chi connectivity index (χ1n) is 7.57. The molecule has 0 spiro atoms. The van der Waals surface area contributed by atoms with Crippen LogP contribution in [0.4, 0.5) is 4.39 Å². The number of nitrogens with one attached hydrogen (secondary N) is 1. The van der Waals surface area contributed by atoms with Crippen molar-refractivity contribution in [1.82, 2.24) is 10.2 Å². The van der Waals surface area contributed by atoms with Crippen LogP contribution in [0, 0.1) is 5.82 Å². The van der Waals surface area contributed by atoms with Crippen LogP contribution in [0.5, 0.6) is 0 Å². The van der Waals surface area contributed by atoms with Crippen LogP contribution in [-0.4, -0.2) is 29.9 Å². The molecule has 2 aromatic rings. The molecule has 23 heavy (non-hydrogen) atoms. The Morgan fingerprint density at radius 3 is 3.09 bits per heavy atom. The van der Waals surface area contributed by atoms with E-state index in [4.69, 9.17) is 11.6 Å². The Hall–Kier alpha value is -1.43. The number of benzene rings is 1. The molecule has 3 nitrogen and oxygen atoms in total. The third-order valence-electron chi connectivity index (χ3n) is 4.19. The van der Waals surface area contributed by atoms with Crippen molar-refractivity contribution in [2.24, 2.45) is 0 Å². The fourth-order valence-electron chi connectivity index (χ4n) is 2.78. The van der Waals surface area contributed by atoms with E-state index in [2.05, 4.69) is 28.6 Å². The predicted molar refractivity (Wildman–Crippen MR) is 91.6 cm³/mol. The van der Waals surface area contributed by atoms with Crippen LogP contribution in [0.2, 0.25) is 5.02 Å². The molecule has 1 aliphatic rings. The van der Waals surface area contributed by atoms with Gasteiger partial charge < -0.3 is 5.32 Å². The fraction of sp³-hybridized carbons (Fsp3) is 0.353. The predicted octanol–water partition coefficient (Wildman–Crippen LogP) is 3.72. The highest BCUT2D eigenvalue weighted by Gasteiger charge is 2.22. The summed E-state index contributed by atoms with van der Waals surface area (Å²) in [6.45, 7) is 4.56. The maximum atomic E-state index is 13.0. The molecule has 0 fully saturated rings. The molecule has 0 saturated heterocycles. The SMILES string of the molecule is CC(CNC(=O)c1ccc(F)cc1Cl)N1CCc2sccc2C1. The molecule has 1 aliphatic heterocycles. The molecule has 0 aliphatic carbocycles. The highest BCUT2D eigenvalue weighted by molar-refractivity contribution is 7.10. The minimum atomic E-state index is -0.445. The summed E-state index contributed by atoms with van der Waals surface area (Å²) in [4.78, 5) is 16.0. The minimum Gasteiger partial charge on any atom is -0.350 e. The van der Waals surface area contributed by atoms with Gasteiger partial charge in [0.2, 0.25) is 0 Å². The summed E-state index contributed by atoms with van der Waals surface area (Å²) < 4.78 is 13.0. The Morgan fingerprint density at radius 1 is 1.48 bits per heavy atom. The van der Waals surface area contributed by atoms with Crippen molar-refractivity contribution in [3.05, 3.63) is 56.5 Å². The third kappa shape index (κ3) is 3.74. The Bertz CT molecular complexity index is 718. The van der Waals surface area contributed by atoms with E-state index in [0.29, 0.717) is 12.1 Å². The lowest BCUT2D eigenvalue weighted by Gasteiger charge is -2.32. The van der Waals surface area contributed by atoms with Crippen LogP contribution in [0.15, 0.2) is 29.6 Å². The van der Waals surface area contributed by atoms with Crippen molar-refractivity contribution in [3.8, 4) is 0 Å². The first-order valence-corrected chi connectivity index (χ1v) is 8.83. The smallest absolute Gasteiger partial charge is 0.252 e. The van der Waals surface area contributed by atoms with Gasteiger partial charge in [-0.15, -0.1) is 11.3 Å². The summed E-state index contributed by atoms with van der Waals surface area (Å²) in [7, 11) is 0. The number of nitrogens with zero attached hydrogens (tertiary/aromatic N) is 1. The summed E-state index contributed by atoms with van der Waals surface area (Å²) in [5.41, 5.74) is 1.69. The number of thiophene rings is 1. The maximum absolute atomic E-state index is 13.0. The largest absolute Gasteiger partial charge is 0.350 e. The van der Waals surface area contributed by atoms with E-state index in [1.54, 1.807) is 0 Å². The number of hydrogen-bond acceptors (Lipinski definition) is 3. The molecular formula is C17H18ClFN2OS. The van der Waals surface area contributed by atoms with Gasteiger partial charge in [-0.05, 0) is 48.6 Å². The lowest BCUT2D eigenvalue weighted by molar-refractivity contribution is 0.0933. The minimum absolute atomic E-state index is 0.135. The molecule has 1 amide bonds. The fourth-order valence-corrected chi connectivity index (χ4v) is 3.93. The van der Waals surface area contributed by atoms with E-state index in [9.17, 15) is 9.18 Å². The summed E-state index contributed by atoms with van der Waals surface area (Å²) >= 11 is 7.74. The Morgan fingerprint density at radius 2 is 2.30 bits per heavy atom. The van der Waals surface area contributed by atoms with Crippen LogP contribution >= 0.6 is 22.9 Å². The van der Waals surface area contributed by atoms with Crippen LogP contribution in [0.3, 0.4) is 0 Å². The van der Waals surface area contributed by atoms with E-state index >= 15 is 0 Å². The highest BCUT2D eigenvalue weighted by Crippen LogP contribution is 2.25. The van der Waals surface area contributed by atoms with Crippen LogP contribution < -0.4 is 5.32 Å². The van der Waals surface area contributed by atoms with Crippen LogP contribution in [0.1, 0.15) is 27.7 Å². The van der Waals surface area contributed by atoms with Crippen molar-refractivity contribution in [3.63, 3.8) is 0 Å². The van der Waals surface area contributed by atoms with Gasteiger partial charge >= 0.3 is 0 Å². The molecule has 122 valence electrons. The molecule has 2 heterocycles. The van der Waals surface area contributed by atoms with Gasteiger partial charge in [0, 0.05) is 30.6 Å². The first kappa shape index (κ1) is 16.4. The Balaban J connectivity index is 1.57. The zero-order valence-corrected chi connectivity index (χ0v) is 14.4. The number of carbonyl (C=O) groups is 1. The van der Waals surface area contributed by atoms with E-state index in [1.165, 1.54) is 22.6 Å². The van der Waals surface area contributed by atoms with Gasteiger partial charge in [0.25, 0.3) is 5.91 Å². The summed E-state index contributed by atoms with van der Waals surface area (Å²) in [5, 5.41) is 5.16. The molecule has 3 rings (SSSR count). The van der Waals surface area contributed by atoms with E-state index in [0.717, 1.165) is 25.6 Å². The highest BCUT2D eigenvalue weighted by atomic mass is 35.5. The van der Waals surface area contributed by atoms with Crippen molar-refractivity contribution in [2.45, 2.75) is 25.9 Å². The molecule has 1 atom stereocenters. The molecule has 6 heteroatoms.